The third-order valence-corrected chi connectivity index (χ3v) is 4.62. The van der Waals surface area contributed by atoms with Gasteiger partial charge in [-0.2, -0.15) is 0 Å². The van der Waals surface area contributed by atoms with E-state index in [1.165, 1.54) is 17.5 Å². The van der Waals surface area contributed by atoms with Crippen LogP contribution < -0.4 is 11.1 Å². The van der Waals surface area contributed by atoms with Gasteiger partial charge in [-0.1, -0.05) is 50.5 Å². The minimum atomic E-state index is -0.320. The number of rotatable bonds is 5. The number of hydrogen-bond acceptors (Lipinski definition) is 2. The summed E-state index contributed by atoms with van der Waals surface area (Å²) >= 11 is 0. The predicted octanol–water partition coefficient (Wildman–Crippen LogP) is 2.77. The van der Waals surface area contributed by atoms with E-state index < -0.39 is 0 Å². The summed E-state index contributed by atoms with van der Waals surface area (Å²) in [5.74, 6) is 0.144. The van der Waals surface area contributed by atoms with Gasteiger partial charge in [0, 0.05) is 13.1 Å². The van der Waals surface area contributed by atoms with Crippen molar-refractivity contribution in [3.63, 3.8) is 0 Å². The first-order valence-electron chi connectivity index (χ1n) is 7.77. The molecule has 1 saturated carbocycles. The van der Waals surface area contributed by atoms with Crippen LogP contribution in [0.3, 0.4) is 0 Å². The van der Waals surface area contributed by atoms with E-state index in [-0.39, 0.29) is 11.3 Å². The lowest BCUT2D eigenvalue weighted by atomic mass is 9.73. The van der Waals surface area contributed by atoms with Crippen molar-refractivity contribution in [2.24, 2.45) is 11.1 Å². The first kappa shape index (κ1) is 15.0. The SMILES string of the molecule is CCc1ccccc1CNC(=O)C1(CN)CCCCC1. The fourth-order valence-corrected chi connectivity index (χ4v) is 3.19. The highest BCUT2D eigenvalue weighted by molar-refractivity contribution is 5.83. The maximum atomic E-state index is 12.5. The van der Waals surface area contributed by atoms with Gasteiger partial charge in [0.1, 0.15) is 0 Å². The van der Waals surface area contributed by atoms with Crippen LogP contribution in [0.4, 0.5) is 0 Å². The summed E-state index contributed by atoms with van der Waals surface area (Å²) < 4.78 is 0. The molecule has 3 nitrogen and oxygen atoms in total. The third-order valence-electron chi connectivity index (χ3n) is 4.62. The van der Waals surface area contributed by atoms with E-state index in [0.717, 1.165) is 32.1 Å². The van der Waals surface area contributed by atoms with Crippen molar-refractivity contribution >= 4 is 5.91 Å². The molecule has 3 heteroatoms. The summed E-state index contributed by atoms with van der Waals surface area (Å²) in [5, 5.41) is 3.12. The Morgan fingerprint density at radius 3 is 2.45 bits per heavy atom. The summed E-state index contributed by atoms with van der Waals surface area (Å²) in [6.07, 6.45) is 6.34. The van der Waals surface area contributed by atoms with Crippen LogP contribution >= 0.6 is 0 Å². The molecule has 3 N–H and O–H groups in total. The Morgan fingerprint density at radius 2 is 1.85 bits per heavy atom. The van der Waals surface area contributed by atoms with Crippen LogP contribution in [-0.2, 0) is 17.8 Å². The standard InChI is InChI=1S/C17H26N2O/c1-2-14-8-4-5-9-15(14)12-19-16(20)17(13-18)10-6-3-7-11-17/h4-5,8-9H,2-3,6-7,10-13,18H2,1H3,(H,19,20). The lowest BCUT2D eigenvalue weighted by Crippen LogP contribution is -2.46. The van der Waals surface area contributed by atoms with Gasteiger partial charge in [-0.05, 0) is 30.4 Å². The van der Waals surface area contributed by atoms with Crippen LogP contribution in [-0.4, -0.2) is 12.5 Å². The summed E-state index contributed by atoms with van der Waals surface area (Å²) in [5.41, 5.74) is 8.10. The van der Waals surface area contributed by atoms with Crippen molar-refractivity contribution in [3.8, 4) is 0 Å². The highest BCUT2D eigenvalue weighted by atomic mass is 16.2. The van der Waals surface area contributed by atoms with E-state index in [4.69, 9.17) is 5.73 Å². The summed E-state index contributed by atoms with van der Waals surface area (Å²) in [4.78, 5) is 12.5. The van der Waals surface area contributed by atoms with Gasteiger partial charge in [-0.25, -0.2) is 0 Å². The summed E-state index contributed by atoms with van der Waals surface area (Å²) in [7, 11) is 0. The van der Waals surface area contributed by atoms with Gasteiger partial charge in [-0.15, -0.1) is 0 Å². The molecule has 20 heavy (non-hydrogen) atoms. The van der Waals surface area contributed by atoms with Gasteiger partial charge in [0.15, 0.2) is 0 Å². The Kier molecular flexibility index (Phi) is 5.18. The maximum absolute atomic E-state index is 12.5. The van der Waals surface area contributed by atoms with Crippen LogP contribution in [0.25, 0.3) is 0 Å². The Balaban J connectivity index is 2.00. The Labute approximate surface area is 121 Å². The normalized spacial score (nSPS) is 17.7. The fraction of sp³-hybridized carbons (Fsp3) is 0.588. The van der Waals surface area contributed by atoms with E-state index in [9.17, 15) is 4.79 Å². The molecule has 0 radical (unpaired) electrons. The zero-order chi connectivity index (χ0) is 14.4. The molecule has 0 spiro atoms. The van der Waals surface area contributed by atoms with Gasteiger partial charge in [0.25, 0.3) is 0 Å². The second-order valence-electron chi connectivity index (χ2n) is 5.85. The van der Waals surface area contributed by atoms with Gasteiger partial charge in [0.05, 0.1) is 5.41 Å². The zero-order valence-corrected chi connectivity index (χ0v) is 12.5. The molecule has 0 heterocycles. The minimum absolute atomic E-state index is 0.144. The Morgan fingerprint density at radius 1 is 1.20 bits per heavy atom. The molecule has 2 rings (SSSR count). The van der Waals surface area contributed by atoms with E-state index in [1.54, 1.807) is 0 Å². The molecule has 1 amide bonds. The molecule has 110 valence electrons. The van der Waals surface area contributed by atoms with Gasteiger partial charge in [0.2, 0.25) is 5.91 Å². The molecule has 1 aliphatic rings. The van der Waals surface area contributed by atoms with Crippen molar-refractivity contribution in [1.82, 2.24) is 5.32 Å². The molecule has 1 aliphatic carbocycles. The second kappa shape index (κ2) is 6.89. The van der Waals surface area contributed by atoms with Gasteiger partial charge < -0.3 is 11.1 Å². The van der Waals surface area contributed by atoms with Crippen molar-refractivity contribution in [1.29, 1.82) is 0 Å². The molecule has 0 aromatic heterocycles. The van der Waals surface area contributed by atoms with E-state index in [1.807, 2.05) is 12.1 Å². The van der Waals surface area contributed by atoms with Crippen molar-refractivity contribution in [2.45, 2.75) is 52.0 Å². The smallest absolute Gasteiger partial charge is 0.227 e. The highest BCUT2D eigenvalue weighted by Gasteiger charge is 2.37. The van der Waals surface area contributed by atoms with Crippen LogP contribution in [0.5, 0.6) is 0 Å². The second-order valence-corrected chi connectivity index (χ2v) is 5.85. The number of hydrogen-bond donors (Lipinski definition) is 2. The fourth-order valence-electron chi connectivity index (χ4n) is 3.19. The number of aryl methyl sites for hydroxylation is 1. The molecule has 1 fully saturated rings. The number of amides is 1. The van der Waals surface area contributed by atoms with Crippen LogP contribution in [0, 0.1) is 5.41 Å². The van der Waals surface area contributed by atoms with Crippen molar-refractivity contribution < 1.29 is 4.79 Å². The molecular weight excluding hydrogens is 248 g/mol. The monoisotopic (exact) mass is 274 g/mol. The largest absolute Gasteiger partial charge is 0.351 e. The molecule has 0 atom stereocenters. The molecule has 0 bridgehead atoms. The number of nitrogens with two attached hydrogens (primary N) is 1. The van der Waals surface area contributed by atoms with Crippen molar-refractivity contribution in [3.05, 3.63) is 35.4 Å². The van der Waals surface area contributed by atoms with Crippen LogP contribution in [0.2, 0.25) is 0 Å². The summed E-state index contributed by atoms with van der Waals surface area (Å²) in [6, 6.07) is 8.29. The lowest BCUT2D eigenvalue weighted by molar-refractivity contribution is -0.132. The lowest BCUT2D eigenvalue weighted by Gasteiger charge is -2.34. The van der Waals surface area contributed by atoms with Crippen LogP contribution in [0.15, 0.2) is 24.3 Å². The first-order valence-corrected chi connectivity index (χ1v) is 7.77. The number of carbonyl (C=O) groups excluding carboxylic acids is 1. The number of benzene rings is 1. The highest BCUT2D eigenvalue weighted by Crippen LogP contribution is 2.35. The van der Waals surface area contributed by atoms with Crippen LogP contribution in [0.1, 0.15) is 50.2 Å². The average Bonchev–Trinajstić information content (AvgIpc) is 2.53. The number of carbonyl (C=O) groups is 1. The van der Waals surface area contributed by atoms with Gasteiger partial charge >= 0.3 is 0 Å². The molecular formula is C17H26N2O. The number of nitrogens with one attached hydrogen (secondary N) is 1. The van der Waals surface area contributed by atoms with E-state index in [2.05, 4.69) is 24.4 Å². The molecule has 0 aliphatic heterocycles. The Bertz CT molecular complexity index is 450. The Hall–Kier alpha value is -1.35. The molecule has 1 aromatic carbocycles. The zero-order valence-electron chi connectivity index (χ0n) is 12.5. The predicted molar refractivity (Wildman–Crippen MR) is 82.2 cm³/mol. The first-order chi connectivity index (χ1) is 9.72. The quantitative estimate of drug-likeness (QED) is 0.867. The third kappa shape index (κ3) is 3.21. The summed E-state index contributed by atoms with van der Waals surface area (Å²) in [6.45, 7) is 3.22. The molecule has 1 aromatic rings. The van der Waals surface area contributed by atoms with E-state index in [0.29, 0.717) is 13.1 Å². The maximum Gasteiger partial charge on any atom is 0.227 e. The molecule has 0 saturated heterocycles. The minimum Gasteiger partial charge on any atom is -0.351 e. The van der Waals surface area contributed by atoms with Gasteiger partial charge in [-0.3, -0.25) is 4.79 Å². The van der Waals surface area contributed by atoms with Crippen molar-refractivity contribution in [2.75, 3.05) is 6.54 Å². The molecule has 0 unspecified atom stereocenters. The topological polar surface area (TPSA) is 55.1 Å². The average molecular weight is 274 g/mol. The van der Waals surface area contributed by atoms with E-state index >= 15 is 0 Å².